The molecule has 2 amide bonds. The van der Waals surface area contributed by atoms with E-state index in [1.165, 1.54) is 19.3 Å². The molecule has 4 rings (SSSR count). The number of rotatable bonds is 2. The van der Waals surface area contributed by atoms with Crippen LogP contribution < -0.4 is 0 Å². The lowest BCUT2D eigenvalue weighted by atomic mass is 9.84. The lowest BCUT2D eigenvalue weighted by Gasteiger charge is -2.39. The first-order valence-corrected chi connectivity index (χ1v) is 10.7. The van der Waals surface area contributed by atoms with Gasteiger partial charge in [-0.25, -0.2) is 0 Å². The largest absolute Gasteiger partial charge is 0.340 e. The molecule has 0 spiro atoms. The fourth-order valence-corrected chi connectivity index (χ4v) is 5.76. The molecule has 3 fully saturated rings. The van der Waals surface area contributed by atoms with Crippen LogP contribution in [0.25, 0.3) is 0 Å². The number of fused-ring (bicyclic) bond motifs is 1. The van der Waals surface area contributed by atoms with E-state index >= 15 is 0 Å². The van der Waals surface area contributed by atoms with Crippen molar-refractivity contribution in [1.82, 2.24) is 9.80 Å². The highest BCUT2D eigenvalue weighted by Crippen LogP contribution is 2.41. The summed E-state index contributed by atoms with van der Waals surface area (Å²) in [7, 11) is 0. The van der Waals surface area contributed by atoms with Gasteiger partial charge in [0.15, 0.2) is 0 Å². The molecule has 1 aliphatic carbocycles. The minimum absolute atomic E-state index is 0.0430. The summed E-state index contributed by atoms with van der Waals surface area (Å²) >= 11 is 0. The predicted octanol–water partition coefficient (Wildman–Crippen LogP) is 3.96. The highest BCUT2D eigenvalue weighted by molar-refractivity contribution is 5.98. The van der Waals surface area contributed by atoms with Crippen LogP contribution in [0.5, 0.6) is 0 Å². The van der Waals surface area contributed by atoms with Gasteiger partial charge in [-0.1, -0.05) is 44.9 Å². The maximum atomic E-state index is 13.5. The Kier molecular flexibility index (Phi) is 5.25. The highest BCUT2D eigenvalue weighted by Gasteiger charge is 2.48. The average molecular weight is 369 g/mol. The molecule has 4 nitrogen and oxygen atoms in total. The maximum absolute atomic E-state index is 13.5. The van der Waals surface area contributed by atoms with Crippen LogP contribution in [0.15, 0.2) is 30.3 Å². The van der Waals surface area contributed by atoms with Crippen LogP contribution in [0, 0.1) is 17.8 Å². The molecule has 27 heavy (non-hydrogen) atoms. The zero-order valence-corrected chi connectivity index (χ0v) is 16.6. The number of hydrogen-bond donors (Lipinski definition) is 0. The van der Waals surface area contributed by atoms with Crippen molar-refractivity contribution in [2.45, 2.75) is 64.5 Å². The Morgan fingerprint density at radius 2 is 1.59 bits per heavy atom. The van der Waals surface area contributed by atoms with Crippen molar-refractivity contribution in [2.24, 2.45) is 17.8 Å². The molecule has 0 aromatic heterocycles. The van der Waals surface area contributed by atoms with Crippen molar-refractivity contribution in [1.29, 1.82) is 0 Å². The lowest BCUT2D eigenvalue weighted by Crippen LogP contribution is -2.53. The van der Waals surface area contributed by atoms with Gasteiger partial charge in [0, 0.05) is 24.7 Å². The summed E-state index contributed by atoms with van der Waals surface area (Å²) < 4.78 is 0. The van der Waals surface area contributed by atoms with Gasteiger partial charge in [-0.3, -0.25) is 9.59 Å². The normalized spacial score (nSPS) is 33.6. The average Bonchev–Trinajstić information content (AvgIpc) is 3.06. The van der Waals surface area contributed by atoms with Crippen molar-refractivity contribution in [3.63, 3.8) is 0 Å². The number of hydrogen-bond acceptors (Lipinski definition) is 2. The molecule has 1 aromatic carbocycles. The molecule has 2 saturated heterocycles. The van der Waals surface area contributed by atoms with Gasteiger partial charge < -0.3 is 9.80 Å². The molecule has 1 aromatic rings. The summed E-state index contributed by atoms with van der Waals surface area (Å²) in [6.07, 6.45) is 6.62. The Labute approximate surface area is 162 Å². The molecule has 146 valence electrons. The summed E-state index contributed by atoms with van der Waals surface area (Å²) in [4.78, 5) is 30.9. The second-order valence-electron chi connectivity index (χ2n) is 9.13. The summed E-state index contributed by atoms with van der Waals surface area (Å²) in [5.41, 5.74) is 0.710. The summed E-state index contributed by atoms with van der Waals surface area (Å²) in [5.74, 6) is 1.80. The van der Waals surface area contributed by atoms with Crippen LogP contribution in [0.2, 0.25) is 0 Å². The first kappa shape index (κ1) is 18.5. The van der Waals surface area contributed by atoms with Crippen LogP contribution in [-0.4, -0.2) is 46.8 Å². The second kappa shape index (κ2) is 7.65. The molecule has 4 heteroatoms. The van der Waals surface area contributed by atoms with E-state index in [9.17, 15) is 9.59 Å². The molecule has 2 aliphatic heterocycles. The van der Waals surface area contributed by atoms with Crippen molar-refractivity contribution in [3.8, 4) is 0 Å². The number of carbonyl (C=O) groups is 2. The van der Waals surface area contributed by atoms with E-state index in [0.29, 0.717) is 23.3 Å². The Morgan fingerprint density at radius 1 is 0.926 bits per heavy atom. The van der Waals surface area contributed by atoms with Gasteiger partial charge in [-0.2, -0.15) is 0 Å². The Morgan fingerprint density at radius 3 is 2.30 bits per heavy atom. The third-order valence-corrected chi connectivity index (χ3v) is 6.81. The SMILES string of the molecule is CC1CC(C)CN(C(=O)C2CC3CCCCC3N2C(=O)c2ccccc2)C1. The zero-order valence-electron chi connectivity index (χ0n) is 16.6. The molecule has 0 bridgehead atoms. The minimum Gasteiger partial charge on any atom is -0.340 e. The zero-order chi connectivity index (χ0) is 19.0. The molecular weight excluding hydrogens is 336 g/mol. The van der Waals surface area contributed by atoms with E-state index < -0.39 is 0 Å². The number of carbonyl (C=O) groups excluding carboxylic acids is 2. The Balaban J connectivity index is 1.61. The number of piperidine rings is 1. The highest BCUT2D eigenvalue weighted by atomic mass is 16.2. The fraction of sp³-hybridized carbons (Fsp3) is 0.652. The molecule has 0 radical (unpaired) electrons. The van der Waals surface area contributed by atoms with E-state index in [-0.39, 0.29) is 23.9 Å². The summed E-state index contributed by atoms with van der Waals surface area (Å²) in [6.45, 7) is 6.14. The van der Waals surface area contributed by atoms with Crippen molar-refractivity contribution < 1.29 is 9.59 Å². The first-order chi connectivity index (χ1) is 13.0. The van der Waals surface area contributed by atoms with Crippen LogP contribution in [0.1, 0.15) is 62.7 Å². The molecule has 3 aliphatic rings. The van der Waals surface area contributed by atoms with E-state index in [1.807, 2.05) is 40.1 Å². The van der Waals surface area contributed by atoms with Crippen LogP contribution in [0.3, 0.4) is 0 Å². The minimum atomic E-state index is -0.275. The molecule has 5 unspecified atom stereocenters. The summed E-state index contributed by atoms with van der Waals surface area (Å²) in [6, 6.07) is 9.47. The third-order valence-electron chi connectivity index (χ3n) is 6.81. The number of benzene rings is 1. The smallest absolute Gasteiger partial charge is 0.254 e. The van der Waals surface area contributed by atoms with Crippen molar-refractivity contribution in [2.75, 3.05) is 13.1 Å². The third kappa shape index (κ3) is 3.63. The topological polar surface area (TPSA) is 40.6 Å². The molecule has 5 atom stereocenters. The van der Waals surface area contributed by atoms with Gasteiger partial charge >= 0.3 is 0 Å². The standard InChI is InChI=1S/C23H32N2O2/c1-16-12-17(2)15-24(14-16)23(27)21-13-19-10-6-7-11-20(19)25(21)22(26)18-8-4-3-5-9-18/h3-5,8-9,16-17,19-21H,6-7,10-15H2,1-2H3. The second-order valence-corrected chi connectivity index (χ2v) is 9.13. The van der Waals surface area contributed by atoms with Gasteiger partial charge in [0.1, 0.15) is 6.04 Å². The van der Waals surface area contributed by atoms with E-state index in [1.54, 1.807) is 0 Å². The monoisotopic (exact) mass is 368 g/mol. The number of amides is 2. The Hall–Kier alpha value is -1.84. The summed E-state index contributed by atoms with van der Waals surface area (Å²) in [5, 5.41) is 0. The number of likely N-dealkylation sites (tertiary alicyclic amines) is 2. The van der Waals surface area contributed by atoms with Gasteiger partial charge in [0.2, 0.25) is 5.91 Å². The number of nitrogens with zero attached hydrogens (tertiary/aromatic N) is 2. The first-order valence-electron chi connectivity index (χ1n) is 10.7. The molecular formula is C23H32N2O2. The Bertz CT molecular complexity index is 679. The molecule has 0 N–H and O–H groups in total. The van der Waals surface area contributed by atoms with Gasteiger partial charge in [0.25, 0.3) is 5.91 Å². The van der Waals surface area contributed by atoms with Gasteiger partial charge in [-0.05, 0) is 55.6 Å². The lowest BCUT2D eigenvalue weighted by molar-refractivity contribution is -0.138. The van der Waals surface area contributed by atoms with Crippen LogP contribution in [-0.2, 0) is 4.79 Å². The van der Waals surface area contributed by atoms with E-state index in [4.69, 9.17) is 0 Å². The molecule has 2 heterocycles. The van der Waals surface area contributed by atoms with Crippen molar-refractivity contribution in [3.05, 3.63) is 35.9 Å². The molecule has 1 saturated carbocycles. The van der Waals surface area contributed by atoms with Crippen molar-refractivity contribution >= 4 is 11.8 Å². The van der Waals surface area contributed by atoms with Crippen LogP contribution >= 0.6 is 0 Å². The van der Waals surface area contributed by atoms with Crippen LogP contribution in [0.4, 0.5) is 0 Å². The van der Waals surface area contributed by atoms with E-state index in [2.05, 4.69) is 13.8 Å². The van der Waals surface area contributed by atoms with Gasteiger partial charge in [-0.15, -0.1) is 0 Å². The quantitative estimate of drug-likeness (QED) is 0.793. The predicted molar refractivity (Wildman–Crippen MR) is 106 cm³/mol. The van der Waals surface area contributed by atoms with E-state index in [0.717, 1.165) is 32.4 Å². The van der Waals surface area contributed by atoms with Gasteiger partial charge in [0.05, 0.1) is 0 Å². The fourth-order valence-electron chi connectivity index (χ4n) is 5.76. The maximum Gasteiger partial charge on any atom is 0.254 e.